The summed E-state index contributed by atoms with van der Waals surface area (Å²) in [7, 11) is 0. The number of aromatic nitrogens is 2. The average Bonchev–Trinajstić information content (AvgIpc) is 3.21. The molecule has 2 atom stereocenters. The zero-order valence-corrected chi connectivity index (χ0v) is 18.5. The summed E-state index contributed by atoms with van der Waals surface area (Å²) in [4.78, 5) is 12.1. The van der Waals surface area contributed by atoms with Crippen LogP contribution in [0.5, 0.6) is 0 Å². The van der Waals surface area contributed by atoms with E-state index >= 15 is 0 Å². The Labute approximate surface area is 165 Å². The third kappa shape index (κ3) is 6.31. The summed E-state index contributed by atoms with van der Waals surface area (Å²) in [6, 6.07) is 0.387. The van der Waals surface area contributed by atoms with Gasteiger partial charge in [-0.25, -0.2) is 0 Å². The molecule has 2 heterocycles. The molecule has 0 bridgehead atoms. The largest absolute Gasteiger partial charge is 0.338 e. The summed E-state index contributed by atoms with van der Waals surface area (Å²) in [6.07, 6.45) is 6.27. The fourth-order valence-electron chi connectivity index (χ4n) is 2.92. The first-order chi connectivity index (χ1) is 12.3. The van der Waals surface area contributed by atoms with Crippen LogP contribution < -0.4 is 10.6 Å². The second-order valence-corrected chi connectivity index (χ2v) is 8.49. The van der Waals surface area contributed by atoms with Crippen LogP contribution in [0.25, 0.3) is 0 Å². The maximum absolute atomic E-state index is 12.6. The second kappa shape index (κ2) is 9.79. The van der Waals surface area contributed by atoms with E-state index < -0.39 is 4.87 Å². The number of carbonyl (C=O) groups excluding carboxylic acids is 1. The van der Waals surface area contributed by atoms with Crippen LogP contribution in [-0.2, 0) is 13.1 Å². The molecule has 0 radical (unpaired) electrons. The summed E-state index contributed by atoms with van der Waals surface area (Å²) < 4.78 is 1.93. The van der Waals surface area contributed by atoms with E-state index in [1.54, 1.807) is 6.20 Å². The second-order valence-electron chi connectivity index (χ2n) is 7.51. The first kappa shape index (κ1) is 23.0. The summed E-state index contributed by atoms with van der Waals surface area (Å²) in [5.41, 5.74) is 2.11. The first-order valence-corrected chi connectivity index (χ1v) is 10.6. The maximum Gasteiger partial charge on any atom is 0.255 e. The summed E-state index contributed by atoms with van der Waals surface area (Å²) in [5.74, 6) is -0.0731. The molecule has 0 saturated heterocycles. The highest BCUT2D eigenvalue weighted by atomic mass is 32.1. The van der Waals surface area contributed by atoms with E-state index in [0.717, 1.165) is 25.1 Å². The van der Waals surface area contributed by atoms with Crippen molar-refractivity contribution in [3.8, 4) is 0 Å². The van der Waals surface area contributed by atoms with Crippen LogP contribution in [0.1, 0.15) is 90.2 Å². The van der Waals surface area contributed by atoms with Crippen molar-refractivity contribution < 1.29 is 4.79 Å². The zero-order chi connectivity index (χ0) is 20.0. The van der Waals surface area contributed by atoms with Gasteiger partial charge in [-0.3, -0.25) is 9.48 Å². The molecular formula is C20H38N4OS. The van der Waals surface area contributed by atoms with Crippen LogP contribution >= 0.6 is 12.6 Å². The van der Waals surface area contributed by atoms with Crippen molar-refractivity contribution >= 4 is 18.5 Å². The van der Waals surface area contributed by atoms with E-state index in [1.165, 1.54) is 12.8 Å². The molecule has 2 aliphatic rings. The predicted octanol–water partition coefficient (Wildman–Crippen LogP) is 4.38. The molecular weight excluding hydrogens is 344 g/mol. The number of hydrogen-bond donors (Lipinski definition) is 3. The van der Waals surface area contributed by atoms with Crippen LogP contribution in [-0.4, -0.2) is 26.6 Å². The normalized spacial score (nSPS) is 21.8. The monoisotopic (exact) mass is 382 g/mol. The summed E-state index contributed by atoms with van der Waals surface area (Å²) in [6.45, 7) is 15.9. The van der Waals surface area contributed by atoms with Crippen LogP contribution in [0.15, 0.2) is 6.20 Å². The van der Waals surface area contributed by atoms with Gasteiger partial charge >= 0.3 is 0 Å². The Kier molecular flexibility index (Phi) is 8.67. The molecule has 1 aromatic rings. The van der Waals surface area contributed by atoms with Gasteiger partial charge in [0.25, 0.3) is 5.91 Å². The molecule has 2 N–H and O–H groups in total. The Morgan fingerprint density at radius 1 is 1.42 bits per heavy atom. The van der Waals surface area contributed by atoms with Crippen molar-refractivity contribution in [2.45, 2.75) is 98.2 Å². The van der Waals surface area contributed by atoms with E-state index in [-0.39, 0.29) is 5.91 Å². The minimum atomic E-state index is -0.479. The molecule has 3 rings (SSSR count). The van der Waals surface area contributed by atoms with Gasteiger partial charge in [-0.1, -0.05) is 34.6 Å². The Balaban J connectivity index is 0.000000791. The smallest absolute Gasteiger partial charge is 0.255 e. The van der Waals surface area contributed by atoms with Gasteiger partial charge in [0.15, 0.2) is 0 Å². The molecule has 1 aromatic heterocycles. The molecule has 1 aliphatic carbocycles. The van der Waals surface area contributed by atoms with Crippen LogP contribution in [0.4, 0.5) is 0 Å². The number of nitrogens with zero attached hydrogens (tertiary/aromatic N) is 2. The molecule has 0 spiro atoms. The van der Waals surface area contributed by atoms with Crippen molar-refractivity contribution in [2.24, 2.45) is 5.41 Å². The molecule has 1 aliphatic heterocycles. The van der Waals surface area contributed by atoms with E-state index in [4.69, 9.17) is 0 Å². The lowest BCUT2D eigenvalue weighted by molar-refractivity contribution is 0.0927. The Morgan fingerprint density at radius 2 is 2.04 bits per heavy atom. The number of carbonyl (C=O) groups is 1. The fraction of sp³-hybridized carbons (Fsp3) is 0.800. The summed E-state index contributed by atoms with van der Waals surface area (Å²) in [5, 5.41) is 10.8. The molecule has 6 heteroatoms. The highest BCUT2D eigenvalue weighted by Crippen LogP contribution is 2.50. The van der Waals surface area contributed by atoms with Gasteiger partial charge in [0.05, 0.1) is 28.9 Å². The predicted molar refractivity (Wildman–Crippen MR) is 113 cm³/mol. The molecule has 1 amide bonds. The average molecular weight is 383 g/mol. The zero-order valence-electron chi connectivity index (χ0n) is 17.6. The van der Waals surface area contributed by atoms with E-state index in [9.17, 15) is 4.79 Å². The molecule has 5 nitrogen and oxygen atoms in total. The number of nitrogens with one attached hydrogen (secondary N) is 2. The standard InChI is InChI=1S/C16H26N4OS.2C2H6/c1-11-10-20-13(9-17-11)12(8-18-20)14(21)19-16(3,22)7-6-15(2)4-5-15;2*1-2/h8,11,17,22H,4-7,9-10H2,1-3H3,(H,19,21);2*1-2H3. The van der Waals surface area contributed by atoms with Crippen molar-refractivity contribution in [2.75, 3.05) is 0 Å². The van der Waals surface area contributed by atoms with E-state index in [2.05, 4.69) is 42.2 Å². The SMILES string of the molecule is CC.CC.CC1Cn2ncc(C(=O)NC(C)(S)CCC3(C)CC3)c2CN1. The van der Waals surface area contributed by atoms with Gasteiger partial charge in [-0.2, -0.15) is 17.7 Å². The molecule has 2 unspecified atom stereocenters. The lowest BCUT2D eigenvalue weighted by Gasteiger charge is -2.27. The highest BCUT2D eigenvalue weighted by molar-refractivity contribution is 7.81. The number of rotatable bonds is 5. The molecule has 0 aromatic carbocycles. The summed E-state index contributed by atoms with van der Waals surface area (Å²) >= 11 is 4.66. The van der Waals surface area contributed by atoms with Crippen molar-refractivity contribution in [1.82, 2.24) is 20.4 Å². The van der Waals surface area contributed by atoms with Crippen LogP contribution in [0.2, 0.25) is 0 Å². The Morgan fingerprint density at radius 3 is 2.62 bits per heavy atom. The van der Waals surface area contributed by atoms with Gasteiger partial charge in [0.2, 0.25) is 0 Å². The van der Waals surface area contributed by atoms with E-state index in [0.29, 0.717) is 23.6 Å². The lowest BCUT2D eigenvalue weighted by Crippen LogP contribution is -2.43. The minimum absolute atomic E-state index is 0.0731. The minimum Gasteiger partial charge on any atom is -0.338 e. The molecule has 150 valence electrons. The Hall–Kier alpha value is -1.01. The van der Waals surface area contributed by atoms with Gasteiger partial charge < -0.3 is 10.6 Å². The van der Waals surface area contributed by atoms with Crippen LogP contribution in [0, 0.1) is 5.41 Å². The van der Waals surface area contributed by atoms with Crippen molar-refractivity contribution in [1.29, 1.82) is 0 Å². The molecule has 26 heavy (non-hydrogen) atoms. The highest BCUT2D eigenvalue weighted by Gasteiger charge is 2.38. The number of hydrogen-bond acceptors (Lipinski definition) is 4. The molecule has 1 fully saturated rings. The van der Waals surface area contributed by atoms with Crippen molar-refractivity contribution in [3.05, 3.63) is 17.5 Å². The van der Waals surface area contributed by atoms with Crippen molar-refractivity contribution in [3.63, 3.8) is 0 Å². The van der Waals surface area contributed by atoms with E-state index in [1.807, 2.05) is 39.3 Å². The number of fused-ring (bicyclic) bond motifs is 1. The maximum atomic E-state index is 12.6. The van der Waals surface area contributed by atoms with Gasteiger partial charge in [-0.15, -0.1) is 0 Å². The van der Waals surface area contributed by atoms with Gasteiger partial charge in [-0.05, 0) is 44.9 Å². The van der Waals surface area contributed by atoms with Gasteiger partial charge in [0, 0.05) is 12.6 Å². The number of thiol groups is 1. The lowest BCUT2D eigenvalue weighted by atomic mass is 9.99. The third-order valence-electron chi connectivity index (χ3n) is 4.96. The van der Waals surface area contributed by atoms with Gasteiger partial charge in [0.1, 0.15) is 0 Å². The fourth-order valence-corrected chi connectivity index (χ4v) is 3.14. The third-order valence-corrected chi connectivity index (χ3v) is 5.30. The quantitative estimate of drug-likeness (QED) is 0.523. The first-order valence-electron chi connectivity index (χ1n) is 10.1. The number of amides is 1. The van der Waals surface area contributed by atoms with Crippen LogP contribution in [0.3, 0.4) is 0 Å². The Bertz CT molecular complexity index is 578. The molecule has 1 saturated carbocycles. The topological polar surface area (TPSA) is 59.0 Å².